The second kappa shape index (κ2) is 3.59. The third kappa shape index (κ3) is 1.89. The second-order valence-corrected chi connectivity index (χ2v) is 4.45. The van der Waals surface area contributed by atoms with Gasteiger partial charge in [0.05, 0.1) is 6.26 Å². The molecule has 2 heterocycles. The molecule has 2 aromatic rings. The lowest BCUT2D eigenvalue weighted by Crippen LogP contribution is -2.22. The first-order valence-corrected chi connectivity index (χ1v) is 5.35. The zero-order valence-corrected chi connectivity index (χ0v) is 8.75. The Kier molecular flexibility index (Phi) is 2.44. The molecule has 0 saturated heterocycles. The standard InChI is InChI=1S/C11H12O2S/c1-11(12,10-5-3-7-14-10)8-9-4-2-6-13-9/h2-7,12H,8H2,1H3. The van der Waals surface area contributed by atoms with E-state index in [2.05, 4.69) is 0 Å². The van der Waals surface area contributed by atoms with Gasteiger partial charge in [-0.25, -0.2) is 0 Å². The molecule has 0 saturated carbocycles. The van der Waals surface area contributed by atoms with Crippen molar-refractivity contribution in [3.05, 3.63) is 46.5 Å². The highest BCUT2D eigenvalue weighted by molar-refractivity contribution is 7.10. The maximum atomic E-state index is 10.2. The minimum absolute atomic E-state index is 0.514. The summed E-state index contributed by atoms with van der Waals surface area (Å²) >= 11 is 1.56. The molecule has 0 aromatic carbocycles. The van der Waals surface area contributed by atoms with Gasteiger partial charge in [-0.3, -0.25) is 0 Å². The molecule has 1 N–H and O–H groups in total. The molecule has 0 radical (unpaired) electrons. The van der Waals surface area contributed by atoms with Gasteiger partial charge in [0, 0.05) is 11.3 Å². The molecule has 0 aliphatic carbocycles. The van der Waals surface area contributed by atoms with E-state index >= 15 is 0 Å². The predicted octanol–water partition coefficient (Wildman–Crippen LogP) is 2.79. The van der Waals surface area contributed by atoms with Crippen LogP contribution in [0.5, 0.6) is 0 Å². The molecule has 2 rings (SSSR count). The van der Waals surface area contributed by atoms with Crippen LogP contribution in [-0.2, 0) is 12.0 Å². The molecule has 0 amide bonds. The van der Waals surface area contributed by atoms with Crippen LogP contribution in [0.15, 0.2) is 40.3 Å². The highest BCUT2D eigenvalue weighted by atomic mass is 32.1. The van der Waals surface area contributed by atoms with Crippen molar-refractivity contribution in [2.24, 2.45) is 0 Å². The first-order valence-electron chi connectivity index (χ1n) is 4.47. The first-order chi connectivity index (χ1) is 6.68. The zero-order valence-electron chi connectivity index (χ0n) is 7.93. The summed E-state index contributed by atoms with van der Waals surface area (Å²) in [5.74, 6) is 0.809. The topological polar surface area (TPSA) is 33.4 Å². The van der Waals surface area contributed by atoms with E-state index in [4.69, 9.17) is 4.42 Å². The molecule has 0 aliphatic heterocycles. The van der Waals surface area contributed by atoms with Crippen molar-refractivity contribution in [2.45, 2.75) is 18.9 Å². The van der Waals surface area contributed by atoms with Crippen LogP contribution in [0.4, 0.5) is 0 Å². The van der Waals surface area contributed by atoms with E-state index in [1.165, 1.54) is 0 Å². The third-order valence-corrected chi connectivity index (χ3v) is 3.27. The number of rotatable bonds is 3. The Hall–Kier alpha value is -1.06. The average molecular weight is 208 g/mol. The fourth-order valence-corrected chi connectivity index (χ4v) is 2.21. The zero-order chi connectivity index (χ0) is 10.0. The quantitative estimate of drug-likeness (QED) is 0.841. The SMILES string of the molecule is CC(O)(Cc1ccco1)c1cccs1. The van der Waals surface area contributed by atoms with Gasteiger partial charge in [-0.05, 0) is 30.5 Å². The van der Waals surface area contributed by atoms with Crippen molar-refractivity contribution < 1.29 is 9.52 Å². The summed E-state index contributed by atoms with van der Waals surface area (Å²) in [6.07, 6.45) is 2.14. The van der Waals surface area contributed by atoms with Crippen LogP contribution in [0.2, 0.25) is 0 Å². The molecule has 3 heteroatoms. The lowest BCUT2D eigenvalue weighted by molar-refractivity contribution is 0.0559. The Balaban J connectivity index is 2.17. The fourth-order valence-electron chi connectivity index (χ4n) is 1.42. The van der Waals surface area contributed by atoms with Gasteiger partial charge in [0.1, 0.15) is 11.4 Å². The molecular formula is C11H12O2S. The van der Waals surface area contributed by atoms with Gasteiger partial charge in [-0.15, -0.1) is 11.3 Å². The van der Waals surface area contributed by atoms with E-state index in [-0.39, 0.29) is 0 Å². The van der Waals surface area contributed by atoms with Crippen LogP contribution >= 0.6 is 11.3 Å². The minimum Gasteiger partial charge on any atom is -0.469 e. The number of hydrogen-bond acceptors (Lipinski definition) is 3. The van der Waals surface area contributed by atoms with Crippen molar-refractivity contribution >= 4 is 11.3 Å². The Bertz CT molecular complexity index is 373. The van der Waals surface area contributed by atoms with Crippen LogP contribution in [0.1, 0.15) is 17.6 Å². The second-order valence-electron chi connectivity index (χ2n) is 3.51. The van der Waals surface area contributed by atoms with E-state index in [0.29, 0.717) is 6.42 Å². The van der Waals surface area contributed by atoms with Crippen LogP contribution in [0, 0.1) is 0 Å². The summed E-state index contributed by atoms with van der Waals surface area (Å²) < 4.78 is 5.21. The first kappa shape index (κ1) is 9.49. The van der Waals surface area contributed by atoms with Crippen molar-refractivity contribution in [2.75, 3.05) is 0 Å². The van der Waals surface area contributed by atoms with Crippen molar-refractivity contribution in [3.63, 3.8) is 0 Å². The number of hydrogen-bond donors (Lipinski definition) is 1. The minimum atomic E-state index is -0.827. The van der Waals surface area contributed by atoms with Gasteiger partial charge in [0.2, 0.25) is 0 Å². The summed E-state index contributed by atoms with van der Waals surface area (Å²) in [4.78, 5) is 0.967. The Morgan fingerprint density at radius 2 is 2.29 bits per heavy atom. The van der Waals surface area contributed by atoms with Gasteiger partial charge >= 0.3 is 0 Å². The largest absolute Gasteiger partial charge is 0.469 e. The number of aliphatic hydroxyl groups is 1. The number of thiophene rings is 1. The van der Waals surface area contributed by atoms with Crippen LogP contribution in [-0.4, -0.2) is 5.11 Å². The summed E-state index contributed by atoms with van der Waals surface area (Å²) in [7, 11) is 0. The third-order valence-electron chi connectivity index (χ3n) is 2.15. The molecule has 2 nitrogen and oxygen atoms in total. The van der Waals surface area contributed by atoms with Crippen LogP contribution < -0.4 is 0 Å². The molecule has 74 valence electrons. The van der Waals surface area contributed by atoms with Crippen LogP contribution in [0.25, 0.3) is 0 Å². The molecular weight excluding hydrogens is 196 g/mol. The Morgan fingerprint density at radius 1 is 1.43 bits per heavy atom. The van der Waals surface area contributed by atoms with E-state index < -0.39 is 5.60 Å². The normalized spacial score (nSPS) is 15.3. The molecule has 1 atom stereocenters. The summed E-state index contributed by atoms with van der Waals surface area (Å²) in [5.41, 5.74) is -0.827. The van der Waals surface area contributed by atoms with Gasteiger partial charge in [0.25, 0.3) is 0 Å². The van der Waals surface area contributed by atoms with Crippen molar-refractivity contribution in [3.8, 4) is 0 Å². The lowest BCUT2D eigenvalue weighted by atomic mass is 9.99. The monoisotopic (exact) mass is 208 g/mol. The average Bonchev–Trinajstić information content (AvgIpc) is 2.71. The van der Waals surface area contributed by atoms with E-state index in [0.717, 1.165) is 10.6 Å². The molecule has 14 heavy (non-hydrogen) atoms. The Labute approximate surface area is 86.8 Å². The van der Waals surface area contributed by atoms with Gasteiger partial charge in [-0.2, -0.15) is 0 Å². The fraction of sp³-hybridized carbons (Fsp3) is 0.273. The van der Waals surface area contributed by atoms with Gasteiger partial charge in [-0.1, -0.05) is 6.07 Å². The molecule has 0 fully saturated rings. The highest BCUT2D eigenvalue weighted by Gasteiger charge is 2.25. The highest BCUT2D eigenvalue weighted by Crippen LogP contribution is 2.28. The van der Waals surface area contributed by atoms with E-state index in [1.54, 1.807) is 24.5 Å². The predicted molar refractivity (Wildman–Crippen MR) is 56.3 cm³/mol. The number of furan rings is 1. The molecule has 0 aliphatic rings. The molecule has 0 bridgehead atoms. The van der Waals surface area contributed by atoms with Crippen molar-refractivity contribution in [1.29, 1.82) is 0 Å². The van der Waals surface area contributed by atoms with Gasteiger partial charge < -0.3 is 9.52 Å². The van der Waals surface area contributed by atoms with Crippen molar-refractivity contribution in [1.82, 2.24) is 0 Å². The van der Waals surface area contributed by atoms with E-state index in [9.17, 15) is 5.11 Å². The molecule has 1 unspecified atom stereocenters. The summed E-state index contributed by atoms with van der Waals surface area (Å²) in [6.45, 7) is 1.81. The summed E-state index contributed by atoms with van der Waals surface area (Å²) in [5, 5.41) is 12.2. The smallest absolute Gasteiger partial charge is 0.107 e. The van der Waals surface area contributed by atoms with Gasteiger partial charge in [0.15, 0.2) is 0 Å². The molecule has 0 spiro atoms. The van der Waals surface area contributed by atoms with E-state index in [1.807, 2.05) is 29.6 Å². The molecule has 2 aromatic heterocycles. The Morgan fingerprint density at radius 3 is 2.86 bits per heavy atom. The lowest BCUT2D eigenvalue weighted by Gasteiger charge is -2.20. The maximum absolute atomic E-state index is 10.2. The van der Waals surface area contributed by atoms with Crippen LogP contribution in [0.3, 0.4) is 0 Å². The maximum Gasteiger partial charge on any atom is 0.107 e. The summed E-state index contributed by atoms with van der Waals surface area (Å²) in [6, 6.07) is 7.59.